The van der Waals surface area contributed by atoms with E-state index in [2.05, 4.69) is 17.1 Å². The fraction of sp³-hybridized carbons (Fsp3) is 0.588. The van der Waals surface area contributed by atoms with Gasteiger partial charge in [0.05, 0.1) is 24.0 Å². The average molecular weight is 338 g/mol. The molecule has 2 rings (SSSR count). The predicted octanol–water partition coefficient (Wildman–Crippen LogP) is 1.65. The lowest BCUT2D eigenvalue weighted by Gasteiger charge is -2.32. The van der Waals surface area contributed by atoms with Crippen LogP contribution in [0.25, 0.3) is 0 Å². The lowest BCUT2D eigenvalue weighted by atomic mass is 10.2. The molecule has 0 unspecified atom stereocenters. The van der Waals surface area contributed by atoms with Crippen LogP contribution in [0.1, 0.15) is 31.1 Å². The summed E-state index contributed by atoms with van der Waals surface area (Å²) in [5.74, 6) is -0.0908. The van der Waals surface area contributed by atoms with Gasteiger partial charge in [-0.05, 0) is 31.2 Å². The Kier molecular flexibility index (Phi) is 6.74. The van der Waals surface area contributed by atoms with E-state index in [9.17, 15) is 9.00 Å². The van der Waals surface area contributed by atoms with Crippen LogP contribution in [0.5, 0.6) is 0 Å². The second kappa shape index (κ2) is 8.57. The summed E-state index contributed by atoms with van der Waals surface area (Å²) >= 11 is 0. The number of hydrogen-bond acceptors (Lipinski definition) is 4. The molecule has 1 saturated heterocycles. The van der Waals surface area contributed by atoms with Crippen molar-refractivity contribution in [2.75, 3.05) is 32.8 Å². The second-order valence-electron chi connectivity index (χ2n) is 6.08. The molecule has 1 N–H and O–H groups in total. The van der Waals surface area contributed by atoms with Crippen LogP contribution in [0.2, 0.25) is 0 Å². The zero-order valence-corrected chi connectivity index (χ0v) is 14.9. The number of morpholine rings is 1. The fourth-order valence-electron chi connectivity index (χ4n) is 2.50. The van der Waals surface area contributed by atoms with Crippen LogP contribution >= 0.6 is 0 Å². The molecule has 0 aliphatic carbocycles. The normalized spacial score (nSPS) is 18.6. The quantitative estimate of drug-likeness (QED) is 0.857. The molecule has 0 bridgehead atoms. The number of nitrogens with zero attached hydrogens (tertiary/aromatic N) is 1. The molecular weight excluding hydrogens is 312 g/mol. The van der Waals surface area contributed by atoms with E-state index >= 15 is 0 Å². The Hall–Kier alpha value is -1.24. The van der Waals surface area contributed by atoms with Gasteiger partial charge in [-0.1, -0.05) is 13.8 Å². The van der Waals surface area contributed by atoms with Crippen molar-refractivity contribution in [3.8, 4) is 0 Å². The van der Waals surface area contributed by atoms with Gasteiger partial charge in [-0.15, -0.1) is 0 Å². The topological polar surface area (TPSA) is 58.6 Å². The van der Waals surface area contributed by atoms with Gasteiger partial charge in [-0.2, -0.15) is 0 Å². The second-order valence-corrected chi connectivity index (χ2v) is 8.09. The zero-order chi connectivity index (χ0) is 16.8. The fourth-order valence-corrected chi connectivity index (χ4v) is 3.45. The summed E-state index contributed by atoms with van der Waals surface area (Å²) in [4.78, 5) is 15.3. The third kappa shape index (κ3) is 5.12. The molecule has 1 aliphatic heterocycles. The van der Waals surface area contributed by atoms with E-state index in [4.69, 9.17) is 4.74 Å². The molecule has 2 atom stereocenters. The standard InChI is InChI=1S/C17H26N2O3S/c1-13(2)23(21)16-6-4-15(5-7-16)17(20)18-12-14(3)19-8-10-22-11-9-19/h4-7,13-14H,8-12H2,1-3H3,(H,18,20)/t14-,23+/m1/s1. The molecule has 1 aromatic carbocycles. The van der Waals surface area contributed by atoms with Gasteiger partial charge in [-0.3, -0.25) is 13.9 Å². The van der Waals surface area contributed by atoms with Crippen molar-refractivity contribution in [3.05, 3.63) is 29.8 Å². The van der Waals surface area contributed by atoms with Gasteiger partial charge in [0.15, 0.2) is 0 Å². The van der Waals surface area contributed by atoms with Crippen molar-refractivity contribution in [3.63, 3.8) is 0 Å². The molecule has 0 spiro atoms. The number of carbonyl (C=O) groups is 1. The summed E-state index contributed by atoms with van der Waals surface area (Å²) in [6.07, 6.45) is 0. The number of carbonyl (C=O) groups excluding carboxylic acids is 1. The van der Waals surface area contributed by atoms with Crippen LogP contribution in [0.4, 0.5) is 0 Å². The highest BCUT2D eigenvalue weighted by Gasteiger charge is 2.18. The molecule has 128 valence electrons. The first-order chi connectivity index (χ1) is 11.0. The van der Waals surface area contributed by atoms with Crippen molar-refractivity contribution in [2.24, 2.45) is 0 Å². The highest BCUT2D eigenvalue weighted by atomic mass is 32.2. The number of hydrogen-bond donors (Lipinski definition) is 1. The first-order valence-electron chi connectivity index (χ1n) is 8.09. The molecule has 1 heterocycles. The zero-order valence-electron chi connectivity index (χ0n) is 14.1. The van der Waals surface area contributed by atoms with Crippen LogP contribution in [-0.2, 0) is 15.5 Å². The van der Waals surface area contributed by atoms with Crippen LogP contribution in [0.3, 0.4) is 0 Å². The Morgan fingerprint density at radius 2 is 1.83 bits per heavy atom. The third-order valence-electron chi connectivity index (χ3n) is 4.00. The van der Waals surface area contributed by atoms with Crippen molar-refractivity contribution >= 4 is 16.7 Å². The summed E-state index contributed by atoms with van der Waals surface area (Å²) in [5.41, 5.74) is 0.601. The molecule has 5 nitrogen and oxygen atoms in total. The van der Waals surface area contributed by atoms with E-state index in [1.54, 1.807) is 24.3 Å². The Morgan fingerprint density at radius 1 is 1.22 bits per heavy atom. The minimum Gasteiger partial charge on any atom is -0.379 e. The van der Waals surface area contributed by atoms with Crippen molar-refractivity contribution in [1.82, 2.24) is 10.2 Å². The van der Waals surface area contributed by atoms with E-state index in [1.165, 1.54) is 0 Å². The van der Waals surface area contributed by atoms with Gasteiger partial charge in [0.1, 0.15) is 0 Å². The van der Waals surface area contributed by atoms with E-state index < -0.39 is 10.8 Å². The van der Waals surface area contributed by atoms with Gasteiger partial charge in [0, 0.05) is 41.4 Å². The Labute approximate surface area is 140 Å². The molecule has 1 aromatic rings. The minimum absolute atomic E-state index is 0.0732. The molecule has 1 fully saturated rings. The van der Waals surface area contributed by atoms with Gasteiger partial charge >= 0.3 is 0 Å². The maximum atomic E-state index is 12.2. The molecule has 1 amide bonds. The summed E-state index contributed by atoms with van der Waals surface area (Å²) in [5, 5.41) is 3.04. The average Bonchev–Trinajstić information content (AvgIpc) is 2.59. The van der Waals surface area contributed by atoms with E-state index in [1.807, 2.05) is 13.8 Å². The molecule has 0 saturated carbocycles. The van der Waals surface area contributed by atoms with E-state index in [0.29, 0.717) is 12.1 Å². The van der Waals surface area contributed by atoms with Gasteiger partial charge < -0.3 is 10.1 Å². The maximum absolute atomic E-state index is 12.2. The number of amides is 1. The number of benzene rings is 1. The SMILES string of the molecule is CC(C)[S@](=O)c1ccc(C(=O)NC[C@@H](C)N2CCOCC2)cc1. The Bertz CT molecular complexity index is 539. The molecule has 0 radical (unpaired) electrons. The monoisotopic (exact) mass is 338 g/mol. The predicted molar refractivity (Wildman–Crippen MR) is 92.2 cm³/mol. The summed E-state index contributed by atoms with van der Waals surface area (Å²) in [6.45, 7) is 9.89. The number of ether oxygens (including phenoxy) is 1. The third-order valence-corrected chi connectivity index (χ3v) is 5.60. The van der Waals surface area contributed by atoms with Gasteiger partial charge in [0.2, 0.25) is 0 Å². The molecule has 23 heavy (non-hydrogen) atoms. The molecule has 1 aliphatic rings. The molecular formula is C17H26N2O3S. The van der Waals surface area contributed by atoms with Crippen molar-refractivity contribution < 1.29 is 13.7 Å². The van der Waals surface area contributed by atoms with E-state index in [-0.39, 0.29) is 17.2 Å². The highest BCUT2D eigenvalue weighted by Crippen LogP contribution is 2.12. The number of rotatable bonds is 6. The van der Waals surface area contributed by atoms with Crippen LogP contribution < -0.4 is 5.32 Å². The van der Waals surface area contributed by atoms with Gasteiger partial charge in [0.25, 0.3) is 5.91 Å². The Morgan fingerprint density at radius 3 is 2.39 bits per heavy atom. The lowest BCUT2D eigenvalue weighted by Crippen LogP contribution is -2.47. The van der Waals surface area contributed by atoms with Crippen molar-refractivity contribution in [1.29, 1.82) is 0 Å². The molecule has 6 heteroatoms. The lowest BCUT2D eigenvalue weighted by molar-refractivity contribution is 0.0204. The molecule has 0 aromatic heterocycles. The summed E-state index contributed by atoms with van der Waals surface area (Å²) in [7, 11) is -1.02. The van der Waals surface area contributed by atoms with Crippen LogP contribution in [0.15, 0.2) is 29.2 Å². The van der Waals surface area contributed by atoms with Crippen LogP contribution in [0, 0.1) is 0 Å². The highest BCUT2D eigenvalue weighted by molar-refractivity contribution is 7.85. The van der Waals surface area contributed by atoms with Gasteiger partial charge in [-0.25, -0.2) is 0 Å². The van der Waals surface area contributed by atoms with Crippen molar-refractivity contribution in [2.45, 2.75) is 37.0 Å². The largest absolute Gasteiger partial charge is 0.379 e. The smallest absolute Gasteiger partial charge is 0.251 e. The summed E-state index contributed by atoms with van der Waals surface area (Å²) < 4.78 is 17.3. The Balaban J connectivity index is 1.86. The minimum atomic E-state index is -1.02. The maximum Gasteiger partial charge on any atom is 0.251 e. The van der Waals surface area contributed by atoms with Crippen LogP contribution in [-0.4, -0.2) is 59.2 Å². The number of nitrogens with one attached hydrogen (secondary N) is 1. The first-order valence-corrected chi connectivity index (χ1v) is 9.31. The van der Waals surface area contributed by atoms with E-state index in [0.717, 1.165) is 31.2 Å². The first kappa shape index (κ1) is 18.1. The summed E-state index contributed by atoms with van der Waals surface area (Å²) in [6, 6.07) is 7.32.